The summed E-state index contributed by atoms with van der Waals surface area (Å²) in [5.74, 6) is -1.73. The Morgan fingerprint density at radius 2 is 1.43 bits per heavy atom. The second kappa shape index (κ2) is 14.4. The Balaban J connectivity index is 0.000000257. The van der Waals surface area contributed by atoms with Crippen LogP contribution >= 0.6 is 0 Å². The molecule has 0 radical (unpaired) electrons. The molecular formula is C35H52FN5O6. The zero-order valence-corrected chi connectivity index (χ0v) is 28.2. The number of piperidine rings is 5. The van der Waals surface area contributed by atoms with Gasteiger partial charge < -0.3 is 29.9 Å². The maximum absolute atomic E-state index is 14.9. The largest absolute Gasteiger partial charge is 0.465 e. The Hall–Kier alpha value is -3.41. The molecule has 12 heteroatoms. The summed E-state index contributed by atoms with van der Waals surface area (Å²) in [4.78, 5) is 52.1. The van der Waals surface area contributed by atoms with Crippen LogP contribution in [0.15, 0.2) is 18.2 Å². The Morgan fingerprint density at radius 1 is 0.872 bits per heavy atom. The summed E-state index contributed by atoms with van der Waals surface area (Å²) in [5.41, 5.74) is 1.37. The smallest absolute Gasteiger partial charge is 0.410 e. The summed E-state index contributed by atoms with van der Waals surface area (Å²) in [7, 11) is 0. The summed E-state index contributed by atoms with van der Waals surface area (Å²) in [6, 6.07) is 5.09. The fourth-order valence-electron chi connectivity index (χ4n) is 7.84. The van der Waals surface area contributed by atoms with E-state index in [1.807, 2.05) is 31.7 Å². The lowest BCUT2D eigenvalue weighted by Gasteiger charge is -2.47. The molecule has 0 saturated carbocycles. The first-order chi connectivity index (χ1) is 22.3. The monoisotopic (exact) mass is 657 g/mol. The maximum atomic E-state index is 14.9. The van der Waals surface area contributed by atoms with Crippen molar-refractivity contribution in [1.82, 2.24) is 20.4 Å². The number of hydrogen-bond donors (Lipinski definition) is 3. The van der Waals surface area contributed by atoms with Crippen LogP contribution in [0.4, 0.5) is 19.7 Å². The van der Waals surface area contributed by atoms with Gasteiger partial charge in [0.05, 0.1) is 5.92 Å². The van der Waals surface area contributed by atoms with Crippen molar-refractivity contribution in [1.29, 1.82) is 0 Å². The summed E-state index contributed by atoms with van der Waals surface area (Å²) < 4.78 is 20.4. The number of carbonyl (C=O) groups is 4. The van der Waals surface area contributed by atoms with E-state index in [4.69, 9.17) is 9.84 Å². The van der Waals surface area contributed by atoms with E-state index < -0.39 is 29.3 Å². The normalized spacial score (nSPS) is 24.3. The predicted octanol–water partition coefficient (Wildman–Crippen LogP) is 5.09. The van der Waals surface area contributed by atoms with E-state index >= 15 is 0 Å². The van der Waals surface area contributed by atoms with E-state index in [0.717, 1.165) is 83.5 Å². The van der Waals surface area contributed by atoms with Gasteiger partial charge in [-0.15, -0.1) is 0 Å². The molecule has 5 fully saturated rings. The van der Waals surface area contributed by atoms with Gasteiger partial charge >= 0.3 is 12.2 Å². The number of likely N-dealkylation sites (tertiary alicyclic amines) is 2. The van der Waals surface area contributed by atoms with Crippen LogP contribution in [0.5, 0.6) is 0 Å². The molecule has 47 heavy (non-hydrogen) atoms. The maximum Gasteiger partial charge on any atom is 0.410 e. The number of benzene rings is 1. The number of carboxylic acid groups (broad SMARTS) is 1. The molecule has 6 rings (SSSR count). The van der Waals surface area contributed by atoms with Gasteiger partial charge in [0.25, 0.3) is 0 Å². The van der Waals surface area contributed by atoms with Crippen LogP contribution in [0, 0.1) is 16.6 Å². The van der Waals surface area contributed by atoms with E-state index in [1.165, 1.54) is 18.9 Å². The van der Waals surface area contributed by atoms with Crippen LogP contribution in [0.2, 0.25) is 0 Å². The zero-order chi connectivity index (χ0) is 33.8. The summed E-state index contributed by atoms with van der Waals surface area (Å²) in [5, 5.41) is 14.5. The number of rotatable bonds is 2. The number of anilines is 1. The molecule has 1 unspecified atom stereocenters. The molecule has 1 atom stereocenters. The van der Waals surface area contributed by atoms with E-state index in [0.29, 0.717) is 30.5 Å². The van der Waals surface area contributed by atoms with Crippen molar-refractivity contribution in [3.05, 3.63) is 29.6 Å². The highest BCUT2D eigenvalue weighted by Gasteiger charge is 2.40. The van der Waals surface area contributed by atoms with Crippen molar-refractivity contribution in [2.75, 3.05) is 57.3 Å². The van der Waals surface area contributed by atoms with E-state index in [1.54, 1.807) is 11.0 Å². The van der Waals surface area contributed by atoms with Crippen molar-refractivity contribution in [3.63, 3.8) is 0 Å². The standard InChI is InChI=1S/C25H34FN3O4.C10H18N2O2/c1-24(2,3)33-23(32)29-14-10-25(11-15-29)8-12-28(13-9-25)17-4-5-18(20(26)16-17)19-6-7-21(30)27-22(19)31;13-9(14)12-7-3-10(4-8-12)1-5-11-6-2-10/h4-5,16,19H,6-15H2,1-3H3,(H,27,30,31);11H,1-8H2,(H,13,14). The number of halogens is 1. The third-order valence-corrected chi connectivity index (χ3v) is 11.0. The summed E-state index contributed by atoms with van der Waals surface area (Å²) >= 11 is 0. The average molecular weight is 658 g/mol. The van der Waals surface area contributed by atoms with Crippen molar-refractivity contribution in [2.45, 2.75) is 96.5 Å². The van der Waals surface area contributed by atoms with Crippen molar-refractivity contribution >= 4 is 29.7 Å². The van der Waals surface area contributed by atoms with Crippen LogP contribution in [-0.2, 0) is 14.3 Å². The fraction of sp³-hybridized carbons (Fsp3) is 0.714. The van der Waals surface area contributed by atoms with Crippen LogP contribution in [0.25, 0.3) is 0 Å². The van der Waals surface area contributed by atoms with Gasteiger partial charge in [-0.3, -0.25) is 14.9 Å². The minimum absolute atomic E-state index is 0.222. The van der Waals surface area contributed by atoms with Gasteiger partial charge in [-0.25, -0.2) is 14.0 Å². The van der Waals surface area contributed by atoms with Gasteiger partial charge in [-0.05, 0) is 115 Å². The van der Waals surface area contributed by atoms with Crippen LogP contribution in [0.1, 0.15) is 96.5 Å². The highest BCUT2D eigenvalue weighted by atomic mass is 19.1. The molecule has 5 aliphatic rings. The van der Waals surface area contributed by atoms with Crippen molar-refractivity contribution in [2.24, 2.45) is 10.8 Å². The first kappa shape index (κ1) is 34.9. The van der Waals surface area contributed by atoms with E-state index in [-0.39, 0.29) is 23.8 Å². The Morgan fingerprint density at radius 3 is 1.96 bits per heavy atom. The van der Waals surface area contributed by atoms with Gasteiger partial charge in [-0.1, -0.05) is 6.07 Å². The lowest BCUT2D eigenvalue weighted by Crippen LogP contribution is -2.49. The second-order valence-electron chi connectivity index (χ2n) is 15.2. The number of imide groups is 1. The third kappa shape index (κ3) is 8.74. The van der Waals surface area contributed by atoms with Gasteiger partial charge in [0.2, 0.25) is 11.8 Å². The first-order valence-corrected chi connectivity index (χ1v) is 17.3. The Kier molecular flexibility index (Phi) is 10.7. The fourth-order valence-corrected chi connectivity index (χ4v) is 7.84. The molecule has 0 aliphatic carbocycles. The van der Waals surface area contributed by atoms with Gasteiger partial charge in [0.15, 0.2) is 0 Å². The average Bonchev–Trinajstić information content (AvgIpc) is 3.02. The quantitative estimate of drug-likeness (QED) is 0.375. The van der Waals surface area contributed by atoms with Gasteiger partial charge in [0, 0.05) is 56.9 Å². The Bertz CT molecular complexity index is 1300. The minimum atomic E-state index is -0.756. The molecule has 5 heterocycles. The minimum Gasteiger partial charge on any atom is -0.465 e. The number of amides is 4. The SMILES string of the molecule is CC(C)(C)OC(=O)N1CCC2(CC1)CCN(c1ccc(C3CCC(=O)NC3=O)c(F)c1)CC2.O=C(O)N1CCC2(CCNCC2)CC1. The van der Waals surface area contributed by atoms with Crippen LogP contribution in [-0.4, -0.2) is 96.9 Å². The van der Waals surface area contributed by atoms with E-state index in [2.05, 4.69) is 15.5 Å². The summed E-state index contributed by atoms with van der Waals surface area (Å²) in [6.07, 6.45) is 8.08. The highest BCUT2D eigenvalue weighted by molar-refractivity contribution is 6.01. The van der Waals surface area contributed by atoms with Crippen molar-refractivity contribution in [3.8, 4) is 0 Å². The highest BCUT2D eigenvalue weighted by Crippen LogP contribution is 2.43. The molecule has 4 amide bonds. The third-order valence-electron chi connectivity index (χ3n) is 11.0. The number of ether oxygens (including phenoxy) is 1. The molecular weight excluding hydrogens is 605 g/mol. The molecule has 3 N–H and O–H groups in total. The predicted molar refractivity (Wildman–Crippen MR) is 176 cm³/mol. The molecule has 260 valence electrons. The molecule has 1 aromatic carbocycles. The zero-order valence-electron chi connectivity index (χ0n) is 28.2. The van der Waals surface area contributed by atoms with Gasteiger partial charge in [0.1, 0.15) is 11.4 Å². The number of carbonyl (C=O) groups excluding carboxylic acids is 3. The topological polar surface area (TPSA) is 132 Å². The molecule has 0 bridgehead atoms. The lowest BCUT2D eigenvalue weighted by molar-refractivity contribution is -0.134. The number of hydrogen-bond acceptors (Lipinski definition) is 7. The molecule has 5 saturated heterocycles. The molecule has 0 aromatic heterocycles. The van der Waals surface area contributed by atoms with Crippen molar-refractivity contribution < 1.29 is 33.4 Å². The van der Waals surface area contributed by atoms with Gasteiger partial charge in [-0.2, -0.15) is 0 Å². The lowest BCUT2D eigenvalue weighted by atomic mass is 9.71. The number of nitrogens with zero attached hydrogens (tertiary/aromatic N) is 3. The Labute approximate surface area is 277 Å². The first-order valence-electron chi connectivity index (χ1n) is 17.3. The molecule has 11 nitrogen and oxygen atoms in total. The van der Waals surface area contributed by atoms with Crippen LogP contribution < -0.4 is 15.5 Å². The van der Waals surface area contributed by atoms with Crippen LogP contribution in [0.3, 0.4) is 0 Å². The molecule has 1 aromatic rings. The van der Waals surface area contributed by atoms with E-state index in [9.17, 15) is 23.6 Å². The second-order valence-corrected chi connectivity index (χ2v) is 15.2. The molecule has 5 aliphatic heterocycles. The summed E-state index contributed by atoms with van der Waals surface area (Å²) in [6.45, 7) is 12.4. The number of nitrogens with one attached hydrogen (secondary N) is 2. The molecule has 2 spiro atoms.